The number of methoxy groups -OCH3 is 1. The van der Waals surface area contributed by atoms with Crippen LogP contribution in [0.2, 0.25) is 0 Å². The first-order chi connectivity index (χ1) is 18.2. The van der Waals surface area contributed by atoms with Gasteiger partial charge < -0.3 is 15.0 Å². The van der Waals surface area contributed by atoms with Crippen molar-refractivity contribution in [3.63, 3.8) is 0 Å². The van der Waals surface area contributed by atoms with Gasteiger partial charge in [0.1, 0.15) is 5.76 Å². The number of allylic oxidation sites excluding steroid dienone is 6. The topological polar surface area (TPSA) is 70.2 Å². The molecule has 1 fully saturated rings. The number of likely N-dealkylation sites (N-methyl/N-ethyl adjacent to an activating group) is 1. The summed E-state index contributed by atoms with van der Waals surface area (Å²) in [6.07, 6.45) is 15.6. The van der Waals surface area contributed by atoms with E-state index in [1.807, 2.05) is 39.2 Å². The number of carbonyl (C=O) groups is 1. The summed E-state index contributed by atoms with van der Waals surface area (Å²) in [6.45, 7) is 12.9. The lowest BCUT2D eigenvalue weighted by atomic mass is 9.89. The molecule has 6 nitrogen and oxygen atoms in total. The fourth-order valence-corrected chi connectivity index (χ4v) is 5.33. The number of carbonyl (C=O) groups excluding carboxylic acids is 1. The number of H-pyrrole nitrogens is 1. The molecule has 1 aromatic heterocycles. The Morgan fingerprint density at radius 3 is 2.68 bits per heavy atom. The number of hydrogen-bond acceptors (Lipinski definition) is 4. The Morgan fingerprint density at radius 1 is 1.21 bits per heavy atom. The maximum absolute atomic E-state index is 13.1. The van der Waals surface area contributed by atoms with Crippen molar-refractivity contribution >= 4 is 22.9 Å². The van der Waals surface area contributed by atoms with Crippen molar-refractivity contribution in [2.24, 2.45) is 5.41 Å². The van der Waals surface area contributed by atoms with Crippen LogP contribution in [-0.4, -0.2) is 48.8 Å². The number of aromatic nitrogens is 2. The summed E-state index contributed by atoms with van der Waals surface area (Å²) in [7, 11) is 5.65. The fourth-order valence-electron chi connectivity index (χ4n) is 5.33. The normalized spacial score (nSPS) is 21.7. The van der Waals surface area contributed by atoms with Gasteiger partial charge in [0.2, 0.25) is 5.91 Å². The summed E-state index contributed by atoms with van der Waals surface area (Å²) >= 11 is 0. The zero-order chi connectivity index (χ0) is 27.4. The van der Waals surface area contributed by atoms with Crippen LogP contribution in [0.3, 0.4) is 0 Å². The van der Waals surface area contributed by atoms with Crippen LogP contribution in [0.4, 0.5) is 0 Å². The number of benzene rings is 1. The third-order valence-electron chi connectivity index (χ3n) is 7.35. The molecular weight excluding hydrogens is 472 g/mol. The molecule has 1 amide bonds. The van der Waals surface area contributed by atoms with Crippen LogP contribution in [0.25, 0.3) is 17.0 Å². The van der Waals surface area contributed by atoms with E-state index in [4.69, 9.17) is 4.74 Å². The summed E-state index contributed by atoms with van der Waals surface area (Å²) in [4.78, 5) is 15.2. The maximum atomic E-state index is 13.1. The number of aromatic amines is 1. The van der Waals surface area contributed by atoms with Crippen LogP contribution in [0, 0.1) is 5.41 Å². The average molecular weight is 511 g/mol. The second-order valence-corrected chi connectivity index (χ2v) is 10.2. The summed E-state index contributed by atoms with van der Waals surface area (Å²) in [5.41, 5.74) is 6.70. The van der Waals surface area contributed by atoms with Gasteiger partial charge in [-0.3, -0.25) is 9.89 Å². The highest BCUT2D eigenvalue weighted by atomic mass is 16.5. The van der Waals surface area contributed by atoms with Gasteiger partial charge in [0.05, 0.1) is 23.7 Å². The molecule has 1 spiro atoms. The third kappa shape index (κ3) is 5.36. The van der Waals surface area contributed by atoms with E-state index in [2.05, 4.69) is 76.9 Å². The second kappa shape index (κ2) is 11.2. The van der Waals surface area contributed by atoms with Crippen molar-refractivity contribution in [2.45, 2.75) is 32.6 Å². The summed E-state index contributed by atoms with van der Waals surface area (Å²) in [5.74, 6) is 0.781. The van der Waals surface area contributed by atoms with Crippen molar-refractivity contribution in [1.82, 2.24) is 20.4 Å². The molecule has 2 atom stereocenters. The van der Waals surface area contributed by atoms with E-state index < -0.39 is 5.41 Å². The minimum absolute atomic E-state index is 0.0792. The van der Waals surface area contributed by atoms with E-state index in [0.717, 1.165) is 64.0 Å². The third-order valence-corrected chi connectivity index (χ3v) is 7.35. The van der Waals surface area contributed by atoms with E-state index in [0.29, 0.717) is 5.76 Å². The Labute approximate surface area is 225 Å². The first-order valence-corrected chi connectivity index (χ1v) is 13.0. The minimum Gasteiger partial charge on any atom is -0.497 e. The van der Waals surface area contributed by atoms with Gasteiger partial charge in [0.15, 0.2) is 0 Å². The van der Waals surface area contributed by atoms with Crippen molar-refractivity contribution in [3.8, 4) is 0 Å². The molecule has 2 aliphatic rings. The SMILES string of the molecule is C=C(/C=C\C(=CC)/C=C/c1n[nH]c2cc(C3CC34C(=O)NC(C=CC(=C)OC)=C4CC)ccc12)CN(C)C. The summed E-state index contributed by atoms with van der Waals surface area (Å²) in [6, 6.07) is 6.38. The molecule has 38 heavy (non-hydrogen) atoms. The predicted octanol–water partition coefficient (Wildman–Crippen LogP) is 6.18. The number of hydrogen-bond donors (Lipinski definition) is 2. The lowest BCUT2D eigenvalue weighted by Crippen LogP contribution is -2.24. The largest absolute Gasteiger partial charge is 0.497 e. The van der Waals surface area contributed by atoms with Crippen molar-refractivity contribution in [1.29, 1.82) is 0 Å². The van der Waals surface area contributed by atoms with Gasteiger partial charge in [0.25, 0.3) is 0 Å². The molecular formula is C32H38N4O2. The highest BCUT2D eigenvalue weighted by Gasteiger charge is 2.65. The van der Waals surface area contributed by atoms with Crippen LogP contribution >= 0.6 is 0 Å². The Balaban J connectivity index is 1.53. The van der Waals surface area contributed by atoms with Gasteiger partial charge >= 0.3 is 0 Å². The highest BCUT2D eigenvalue weighted by molar-refractivity contribution is 5.97. The summed E-state index contributed by atoms with van der Waals surface area (Å²) in [5, 5.41) is 11.9. The lowest BCUT2D eigenvalue weighted by molar-refractivity contribution is -0.123. The Kier molecular flexibility index (Phi) is 8.02. The van der Waals surface area contributed by atoms with Gasteiger partial charge in [-0.25, -0.2) is 0 Å². The number of rotatable bonds is 11. The number of ether oxygens (including phenoxy) is 1. The zero-order valence-electron chi connectivity index (χ0n) is 23.1. The molecule has 6 heteroatoms. The molecule has 1 aromatic carbocycles. The van der Waals surface area contributed by atoms with Crippen molar-refractivity contribution < 1.29 is 9.53 Å². The first-order valence-electron chi connectivity index (χ1n) is 13.0. The van der Waals surface area contributed by atoms with Crippen LogP contribution in [0.5, 0.6) is 0 Å². The number of fused-ring (bicyclic) bond motifs is 1. The molecule has 0 radical (unpaired) electrons. The van der Waals surface area contributed by atoms with E-state index in [1.54, 1.807) is 13.2 Å². The Hall–Kier alpha value is -3.90. The zero-order valence-corrected chi connectivity index (χ0v) is 23.1. The Morgan fingerprint density at radius 2 is 2.00 bits per heavy atom. The molecule has 1 saturated carbocycles. The predicted molar refractivity (Wildman–Crippen MR) is 156 cm³/mol. The number of nitrogens with zero attached hydrogens (tertiary/aromatic N) is 2. The van der Waals surface area contributed by atoms with Gasteiger partial charge in [0, 0.05) is 23.5 Å². The van der Waals surface area contributed by atoms with Crippen LogP contribution in [-0.2, 0) is 9.53 Å². The molecule has 2 aromatic rings. The first kappa shape index (κ1) is 27.1. The van der Waals surface area contributed by atoms with E-state index in [-0.39, 0.29) is 11.8 Å². The molecule has 1 aliphatic carbocycles. The van der Waals surface area contributed by atoms with E-state index >= 15 is 0 Å². The van der Waals surface area contributed by atoms with Crippen LogP contribution in [0.1, 0.15) is 43.9 Å². The van der Waals surface area contributed by atoms with E-state index in [9.17, 15) is 4.79 Å². The molecule has 1 aliphatic heterocycles. The lowest BCUT2D eigenvalue weighted by Gasteiger charge is -2.11. The quantitative estimate of drug-likeness (QED) is 0.280. The van der Waals surface area contributed by atoms with Gasteiger partial charge in [-0.2, -0.15) is 5.10 Å². The van der Waals surface area contributed by atoms with Gasteiger partial charge in [-0.15, -0.1) is 0 Å². The molecule has 0 saturated heterocycles. The monoisotopic (exact) mass is 510 g/mol. The van der Waals surface area contributed by atoms with Crippen molar-refractivity contribution in [3.05, 3.63) is 107 Å². The average Bonchev–Trinajstić information content (AvgIpc) is 3.42. The van der Waals surface area contributed by atoms with E-state index in [1.165, 1.54) is 0 Å². The maximum Gasteiger partial charge on any atom is 0.235 e. The molecule has 2 heterocycles. The smallest absolute Gasteiger partial charge is 0.235 e. The Bertz CT molecular complexity index is 1420. The van der Waals surface area contributed by atoms with Crippen molar-refractivity contribution in [2.75, 3.05) is 27.7 Å². The molecule has 198 valence electrons. The standard InChI is InChI=1S/C32H38N4O2/c1-8-23(12-10-21(3)20-36(5)6)13-17-28-25-15-14-24(18-30(25)35-34-28)27-19-32(27)26(9-2)29(33-31(32)37)16-11-22(4)38-7/h8,10-18,27H,3-4,9,19-20H2,1-2,5-7H3,(H,33,37)(H,34,35)/b12-10-,16-11?,17-13+,23-8?. The highest BCUT2D eigenvalue weighted by Crippen LogP contribution is 2.67. The molecule has 2 unspecified atom stereocenters. The number of nitrogens with one attached hydrogen (secondary N) is 2. The molecule has 2 N–H and O–H groups in total. The molecule has 4 rings (SSSR count). The summed E-state index contributed by atoms with van der Waals surface area (Å²) < 4.78 is 5.14. The van der Waals surface area contributed by atoms with Crippen LogP contribution in [0.15, 0.2) is 96.0 Å². The van der Waals surface area contributed by atoms with Gasteiger partial charge in [-0.05, 0) is 80.4 Å². The fraction of sp³-hybridized carbons (Fsp3) is 0.312. The minimum atomic E-state index is -0.469. The number of amides is 1. The molecule has 0 bridgehead atoms. The second-order valence-electron chi connectivity index (χ2n) is 10.2. The van der Waals surface area contributed by atoms with Crippen LogP contribution < -0.4 is 5.32 Å². The van der Waals surface area contributed by atoms with Gasteiger partial charge in [-0.1, -0.05) is 56.5 Å².